The number of aliphatic hydroxyl groups excluding tert-OH is 1. The standard InChI is InChI=1S/C17H22O6/c1-8-5-11(21-10(3)18)7-17(4)15(23-17)14(19)13-9(2)16(20)22-12(13)6-8/h5,11-15,19H,2,6-7H2,1,3-4H3. The number of aliphatic hydroxyl groups is 1. The van der Waals surface area contributed by atoms with Crippen molar-refractivity contribution in [3.05, 3.63) is 23.8 Å². The van der Waals surface area contributed by atoms with Crippen LogP contribution in [0, 0.1) is 5.92 Å². The third-order valence-corrected chi connectivity index (χ3v) is 4.86. The van der Waals surface area contributed by atoms with Crippen molar-refractivity contribution in [2.24, 2.45) is 5.92 Å². The Morgan fingerprint density at radius 2 is 2.22 bits per heavy atom. The van der Waals surface area contributed by atoms with Gasteiger partial charge in [-0.05, 0) is 19.9 Å². The van der Waals surface area contributed by atoms with Crippen molar-refractivity contribution in [1.29, 1.82) is 0 Å². The van der Waals surface area contributed by atoms with Crippen LogP contribution < -0.4 is 0 Å². The van der Waals surface area contributed by atoms with Crippen molar-refractivity contribution in [3.8, 4) is 0 Å². The third-order valence-electron chi connectivity index (χ3n) is 4.86. The molecule has 3 aliphatic rings. The second-order valence-corrected chi connectivity index (χ2v) is 6.91. The summed E-state index contributed by atoms with van der Waals surface area (Å²) < 4.78 is 16.4. The predicted molar refractivity (Wildman–Crippen MR) is 80.3 cm³/mol. The summed E-state index contributed by atoms with van der Waals surface area (Å²) in [5.74, 6) is -1.30. The molecule has 0 saturated carbocycles. The number of esters is 2. The van der Waals surface area contributed by atoms with Gasteiger partial charge >= 0.3 is 11.9 Å². The number of rotatable bonds is 1. The molecule has 0 spiro atoms. The fourth-order valence-electron chi connectivity index (χ4n) is 3.73. The van der Waals surface area contributed by atoms with Gasteiger partial charge in [0.25, 0.3) is 0 Å². The van der Waals surface area contributed by atoms with Crippen LogP contribution in [0.3, 0.4) is 0 Å². The second kappa shape index (κ2) is 5.46. The smallest absolute Gasteiger partial charge is 0.334 e. The summed E-state index contributed by atoms with van der Waals surface area (Å²) in [5.41, 5.74) is 0.637. The molecule has 23 heavy (non-hydrogen) atoms. The molecular weight excluding hydrogens is 300 g/mol. The number of epoxide rings is 1. The van der Waals surface area contributed by atoms with Gasteiger partial charge in [-0.3, -0.25) is 4.79 Å². The van der Waals surface area contributed by atoms with Gasteiger partial charge in [-0.1, -0.05) is 12.2 Å². The summed E-state index contributed by atoms with van der Waals surface area (Å²) in [5, 5.41) is 10.7. The van der Waals surface area contributed by atoms with Gasteiger partial charge in [0.1, 0.15) is 18.3 Å². The van der Waals surface area contributed by atoms with Crippen LogP contribution in [0.4, 0.5) is 0 Å². The van der Waals surface area contributed by atoms with E-state index < -0.39 is 41.9 Å². The number of ether oxygens (including phenoxy) is 3. The summed E-state index contributed by atoms with van der Waals surface area (Å²) in [7, 11) is 0. The van der Waals surface area contributed by atoms with Gasteiger partial charge in [0.15, 0.2) is 0 Å². The number of hydrogen-bond donors (Lipinski definition) is 1. The maximum absolute atomic E-state index is 11.8. The van der Waals surface area contributed by atoms with Crippen molar-refractivity contribution in [3.63, 3.8) is 0 Å². The van der Waals surface area contributed by atoms with Crippen molar-refractivity contribution in [1.82, 2.24) is 0 Å². The van der Waals surface area contributed by atoms with E-state index in [2.05, 4.69) is 6.58 Å². The zero-order valence-corrected chi connectivity index (χ0v) is 13.6. The minimum Gasteiger partial charge on any atom is -0.458 e. The van der Waals surface area contributed by atoms with E-state index in [1.165, 1.54) is 6.92 Å². The minimum absolute atomic E-state index is 0.297. The van der Waals surface area contributed by atoms with Crippen molar-refractivity contribution >= 4 is 11.9 Å². The first-order chi connectivity index (χ1) is 10.7. The van der Waals surface area contributed by atoms with E-state index in [-0.39, 0.29) is 5.97 Å². The van der Waals surface area contributed by atoms with Crippen molar-refractivity contribution in [2.45, 2.75) is 63.6 Å². The molecule has 2 fully saturated rings. The lowest BCUT2D eigenvalue weighted by Crippen LogP contribution is -2.38. The van der Waals surface area contributed by atoms with Crippen molar-refractivity contribution in [2.75, 3.05) is 0 Å². The molecule has 0 bridgehead atoms. The Morgan fingerprint density at radius 1 is 1.52 bits per heavy atom. The molecule has 0 amide bonds. The number of hydrogen-bond acceptors (Lipinski definition) is 6. The van der Waals surface area contributed by atoms with E-state index in [9.17, 15) is 14.7 Å². The van der Waals surface area contributed by atoms with Gasteiger partial charge in [0, 0.05) is 25.3 Å². The van der Waals surface area contributed by atoms with Gasteiger partial charge < -0.3 is 19.3 Å². The van der Waals surface area contributed by atoms with Crippen LogP contribution in [0.5, 0.6) is 0 Å². The van der Waals surface area contributed by atoms with E-state index >= 15 is 0 Å². The van der Waals surface area contributed by atoms with Crippen LogP contribution in [-0.2, 0) is 23.8 Å². The molecule has 1 N–H and O–H groups in total. The van der Waals surface area contributed by atoms with E-state index in [4.69, 9.17) is 14.2 Å². The molecule has 6 atom stereocenters. The molecule has 3 rings (SSSR count). The first kappa shape index (κ1) is 16.2. The minimum atomic E-state index is -0.868. The third kappa shape index (κ3) is 2.93. The Hall–Kier alpha value is -1.66. The summed E-state index contributed by atoms with van der Waals surface area (Å²) >= 11 is 0. The fourth-order valence-corrected chi connectivity index (χ4v) is 3.73. The summed E-state index contributed by atoms with van der Waals surface area (Å²) in [6.45, 7) is 8.90. The molecule has 0 aromatic rings. The maximum atomic E-state index is 11.8. The average Bonchev–Trinajstić information content (AvgIpc) is 2.99. The normalized spacial score (nSPS) is 43.0. The molecule has 2 saturated heterocycles. The van der Waals surface area contributed by atoms with Crippen molar-refractivity contribution < 1.29 is 28.9 Å². The quantitative estimate of drug-likeness (QED) is 0.339. The molecule has 126 valence electrons. The second-order valence-electron chi connectivity index (χ2n) is 6.91. The number of carbonyl (C=O) groups excluding carboxylic acids is 2. The van der Waals surface area contributed by atoms with Gasteiger partial charge in [-0.15, -0.1) is 0 Å². The SMILES string of the molecule is C=C1C(=O)OC2CC(C)=CC(OC(C)=O)CC3(C)OC3C(O)C12. The number of fused-ring (bicyclic) bond motifs is 2. The van der Waals surface area contributed by atoms with Gasteiger partial charge in [0.2, 0.25) is 0 Å². The lowest BCUT2D eigenvalue weighted by Gasteiger charge is -2.26. The fraction of sp³-hybridized carbons (Fsp3) is 0.647. The summed E-state index contributed by atoms with van der Waals surface area (Å²) in [6.07, 6.45) is 0.615. The Kier molecular flexibility index (Phi) is 3.84. The summed E-state index contributed by atoms with van der Waals surface area (Å²) in [6, 6.07) is 0. The maximum Gasteiger partial charge on any atom is 0.334 e. The zero-order valence-electron chi connectivity index (χ0n) is 13.6. The molecule has 0 aromatic heterocycles. The summed E-state index contributed by atoms with van der Waals surface area (Å²) in [4.78, 5) is 23.1. The zero-order chi connectivity index (χ0) is 16.9. The lowest BCUT2D eigenvalue weighted by molar-refractivity contribution is -0.144. The van der Waals surface area contributed by atoms with Crippen LogP contribution in [0.25, 0.3) is 0 Å². The first-order valence-corrected chi connectivity index (χ1v) is 7.81. The Bertz CT molecular complexity index is 594. The van der Waals surface area contributed by atoms with E-state index in [1.54, 1.807) is 0 Å². The molecule has 0 aromatic carbocycles. The molecule has 6 nitrogen and oxygen atoms in total. The predicted octanol–water partition coefficient (Wildman–Crippen LogP) is 1.27. The highest BCUT2D eigenvalue weighted by Gasteiger charge is 2.61. The highest BCUT2D eigenvalue weighted by atomic mass is 16.6. The first-order valence-electron chi connectivity index (χ1n) is 7.81. The Balaban J connectivity index is 1.92. The molecule has 0 radical (unpaired) electrons. The molecule has 1 aliphatic carbocycles. The van der Waals surface area contributed by atoms with E-state index in [1.807, 2.05) is 19.9 Å². The highest BCUT2D eigenvalue weighted by Crippen LogP contribution is 2.48. The molecular formula is C17H22O6. The van der Waals surface area contributed by atoms with E-state index in [0.29, 0.717) is 18.4 Å². The highest BCUT2D eigenvalue weighted by molar-refractivity contribution is 5.91. The number of carbonyl (C=O) groups is 2. The lowest BCUT2D eigenvalue weighted by atomic mass is 9.81. The van der Waals surface area contributed by atoms with Gasteiger partial charge in [-0.2, -0.15) is 0 Å². The Morgan fingerprint density at radius 3 is 2.87 bits per heavy atom. The molecule has 6 heteroatoms. The van der Waals surface area contributed by atoms with Crippen LogP contribution >= 0.6 is 0 Å². The Labute approximate surface area is 135 Å². The van der Waals surface area contributed by atoms with Crippen LogP contribution in [0.1, 0.15) is 33.6 Å². The average molecular weight is 322 g/mol. The molecule has 6 unspecified atom stereocenters. The van der Waals surface area contributed by atoms with Crippen LogP contribution in [0.15, 0.2) is 23.8 Å². The van der Waals surface area contributed by atoms with E-state index in [0.717, 1.165) is 5.57 Å². The van der Waals surface area contributed by atoms with Gasteiger partial charge in [-0.25, -0.2) is 4.79 Å². The molecule has 2 aliphatic heterocycles. The van der Waals surface area contributed by atoms with Crippen LogP contribution in [-0.4, -0.2) is 47.1 Å². The van der Waals surface area contributed by atoms with Crippen LogP contribution in [0.2, 0.25) is 0 Å². The molecule has 2 heterocycles. The largest absolute Gasteiger partial charge is 0.458 e. The van der Waals surface area contributed by atoms with Gasteiger partial charge in [0.05, 0.1) is 17.6 Å². The topological polar surface area (TPSA) is 85.4 Å². The monoisotopic (exact) mass is 322 g/mol.